The molecule has 0 fully saturated rings. The van der Waals surface area contributed by atoms with Gasteiger partial charge in [0.1, 0.15) is 0 Å². The molecular weight excluding hydrogens is 1150 g/mol. The maximum atomic E-state index is 2.48. The van der Waals surface area contributed by atoms with Gasteiger partial charge in [-0.05, 0) is 218 Å². The van der Waals surface area contributed by atoms with Crippen LogP contribution in [-0.2, 0) is 16.2 Å². The average molecular weight is 1210 g/mol. The molecule has 95 heavy (non-hydrogen) atoms. The molecule has 19 rings (SSSR count). The van der Waals surface area contributed by atoms with Gasteiger partial charge in [-0.3, -0.25) is 0 Å². The lowest BCUT2D eigenvalue weighted by atomic mass is 9.70. The van der Waals surface area contributed by atoms with E-state index in [9.17, 15) is 0 Å². The van der Waals surface area contributed by atoms with Gasteiger partial charge in [-0.25, -0.2) is 0 Å². The summed E-state index contributed by atoms with van der Waals surface area (Å²) < 4.78 is 0. The Morgan fingerprint density at radius 3 is 0.705 bits per heavy atom. The second kappa shape index (κ2) is 21.1. The highest BCUT2D eigenvalue weighted by Crippen LogP contribution is 2.66. The lowest BCUT2D eigenvalue weighted by Gasteiger charge is -2.32. The van der Waals surface area contributed by atoms with Gasteiger partial charge in [0.25, 0.3) is 0 Å². The van der Waals surface area contributed by atoms with E-state index in [1.165, 1.54) is 134 Å². The molecule has 0 bridgehead atoms. The SMILES string of the molecule is CC1(C)c2cc(C=Cc3ccc4c(c3)C3(c5ccccc5-c5ccccc53)c3cc(N(c5ccccc5)c5ccccc5)ccc3-4)ccc2-c2ccc(C=Cc3ccc4c(c3)C3(c5ccccc5-c5ccccc53)c3cc(N(c5ccccc5)c5ccccc5)ccc3-4)cc21. The molecule has 5 aliphatic carbocycles. The van der Waals surface area contributed by atoms with Crippen molar-refractivity contribution >= 4 is 58.4 Å². The fourth-order valence-corrected chi connectivity index (χ4v) is 17.3. The number of hydrogen-bond acceptors (Lipinski definition) is 2. The highest BCUT2D eigenvalue weighted by atomic mass is 15.1. The van der Waals surface area contributed by atoms with Gasteiger partial charge in [-0.15, -0.1) is 0 Å². The summed E-state index contributed by atoms with van der Waals surface area (Å²) in [6.07, 6.45) is 9.30. The fourth-order valence-electron chi connectivity index (χ4n) is 17.3. The van der Waals surface area contributed by atoms with E-state index in [0.717, 1.165) is 34.1 Å². The van der Waals surface area contributed by atoms with E-state index in [2.05, 4.69) is 376 Å². The Hall–Kier alpha value is -11.8. The maximum absolute atomic E-state index is 2.48. The minimum Gasteiger partial charge on any atom is -0.310 e. The molecule has 2 heteroatoms. The zero-order valence-corrected chi connectivity index (χ0v) is 52.9. The average Bonchev–Trinajstić information content (AvgIpc) is 1.52. The molecule has 0 aromatic heterocycles. The van der Waals surface area contributed by atoms with Crippen molar-refractivity contribution in [2.24, 2.45) is 0 Å². The van der Waals surface area contributed by atoms with Crippen LogP contribution in [0, 0.1) is 0 Å². The number of hydrogen-bond donors (Lipinski definition) is 0. The van der Waals surface area contributed by atoms with Crippen LogP contribution in [0.25, 0.3) is 79.9 Å². The molecule has 0 amide bonds. The fraction of sp³-hybridized carbons (Fsp3) is 0.0538. The first kappa shape index (κ1) is 54.9. The van der Waals surface area contributed by atoms with Gasteiger partial charge in [0, 0.05) is 39.5 Å². The van der Waals surface area contributed by atoms with Crippen LogP contribution in [0.5, 0.6) is 0 Å². The molecule has 0 saturated heterocycles. The highest BCUT2D eigenvalue weighted by molar-refractivity contribution is 6.00. The van der Waals surface area contributed by atoms with Crippen molar-refractivity contribution in [3.05, 3.63) is 405 Å². The van der Waals surface area contributed by atoms with E-state index < -0.39 is 10.8 Å². The third-order valence-corrected chi connectivity index (χ3v) is 21.4. The molecule has 0 radical (unpaired) electrons. The van der Waals surface area contributed by atoms with Gasteiger partial charge in [0.15, 0.2) is 0 Å². The van der Waals surface area contributed by atoms with Crippen LogP contribution in [0.1, 0.15) is 91.7 Å². The predicted octanol–water partition coefficient (Wildman–Crippen LogP) is 24.0. The van der Waals surface area contributed by atoms with E-state index >= 15 is 0 Å². The zero-order chi connectivity index (χ0) is 63.0. The van der Waals surface area contributed by atoms with Gasteiger partial charge in [0.2, 0.25) is 0 Å². The molecule has 0 unspecified atom stereocenters. The molecule has 446 valence electrons. The molecule has 2 spiro atoms. The van der Waals surface area contributed by atoms with Crippen LogP contribution in [-0.4, -0.2) is 0 Å². The lowest BCUT2D eigenvalue weighted by molar-refractivity contribution is 0.660. The first-order valence-electron chi connectivity index (χ1n) is 33.3. The number of benzene rings is 14. The summed E-state index contributed by atoms with van der Waals surface area (Å²) in [6, 6.07) is 122. The van der Waals surface area contributed by atoms with Crippen LogP contribution < -0.4 is 9.80 Å². The van der Waals surface area contributed by atoms with E-state index in [1.807, 2.05) is 0 Å². The smallest absolute Gasteiger partial charge is 0.0726 e. The van der Waals surface area contributed by atoms with E-state index in [4.69, 9.17) is 0 Å². The van der Waals surface area contributed by atoms with Crippen molar-refractivity contribution in [1.82, 2.24) is 0 Å². The van der Waals surface area contributed by atoms with Crippen molar-refractivity contribution in [3.63, 3.8) is 0 Å². The third-order valence-electron chi connectivity index (χ3n) is 21.4. The van der Waals surface area contributed by atoms with Gasteiger partial charge >= 0.3 is 0 Å². The largest absolute Gasteiger partial charge is 0.310 e. The van der Waals surface area contributed by atoms with Crippen molar-refractivity contribution in [2.45, 2.75) is 30.1 Å². The molecule has 0 atom stereocenters. The molecule has 0 aliphatic heterocycles. The van der Waals surface area contributed by atoms with Gasteiger partial charge in [-0.1, -0.05) is 281 Å². The summed E-state index contributed by atoms with van der Waals surface area (Å²) in [5.74, 6) is 0. The molecule has 14 aromatic carbocycles. The Morgan fingerprint density at radius 1 is 0.189 bits per heavy atom. The molecule has 2 nitrogen and oxygen atoms in total. The second-order valence-electron chi connectivity index (χ2n) is 26.7. The van der Waals surface area contributed by atoms with Crippen molar-refractivity contribution < 1.29 is 0 Å². The zero-order valence-electron chi connectivity index (χ0n) is 52.9. The summed E-state index contributed by atoms with van der Waals surface area (Å²) in [6.45, 7) is 4.80. The standard InChI is InChI=1S/C93H64N2/c1-91(2)85-55-61(39-41-63-45-51-77-79-53-47-69(94(65-23-7-3-8-24-65)66-25-9-4-10-26-66)59-89(79)92(87(77)57-63)81-35-19-15-31-71(81)72-32-16-20-36-82(72)92)43-49-75(85)76-50-44-62(56-86(76)91)40-42-64-46-52-78-80-54-48-70(95(67-27-11-5-12-28-67)68-29-13-6-14-30-68)60-90(80)93(88(78)58-64)83-37-21-17-33-73(83)74-34-18-22-38-84(74)93/h3-60H,1-2H3. The molecular formula is C93H64N2. The van der Waals surface area contributed by atoms with Crippen LogP contribution in [0.15, 0.2) is 328 Å². The predicted molar refractivity (Wildman–Crippen MR) is 397 cm³/mol. The number of anilines is 6. The van der Waals surface area contributed by atoms with Crippen molar-refractivity contribution in [2.75, 3.05) is 9.80 Å². The maximum Gasteiger partial charge on any atom is 0.0726 e. The van der Waals surface area contributed by atoms with E-state index in [-0.39, 0.29) is 5.41 Å². The van der Waals surface area contributed by atoms with Crippen LogP contribution in [0.3, 0.4) is 0 Å². The number of rotatable bonds is 10. The molecule has 0 saturated carbocycles. The molecule has 0 heterocycles. The Kier molecular flexibility index (Phi) is 12.2. The second-order valence-corrected chi connectivity index (χ2v) is 26.7. The van der Waals surface area contributed by atoms with Gasteiger partial charge < -0.3 is 9.80 Å². The summed E-state index contributed by atoms with van der Waals surface area (Å²) >= 11 is 0. The Morgan fingerprint density at radius 2 is 0.411 bits per heavy atom. The van der Waals surface area contributed by atoms with Crippen molar-refractivity contribution in [3.8, 4) is 55.6 Å². The van der Waals surface area contributed by atoms with Crippen molar-refractivity contribution in [1.29, 1.82) is 0 Å². The highest BCUT2D eigenvalue weighted by Gasteiger charge is 2.54. The van der Waals surface area contributed by atoms with Gasteiger partial charge in [0.05, 0.1) is 10.8 Å². The monoisotopic (exact) mass is 1210 g/mol. The summed E-state index contributed by atoms with van der Waals surface area (Å²) in [5.41, 5.74) is 36.5. The summed E-state index contributed by atoms with van der Waals surface area (Å²) in [4.78, 5) is 4.79. The lowest BCUT2D eigenvalue weighted by Crippen LogP contribution is -2.26. The molecule has 0 N–H and O–H groups in total. The van der Waals surface area contributed by atoms with Gasteiger partial charge in [-0.2, -0.15) is 0 Å². The third kappa shape index (κ3) is 8.05. The van der Waals surface area contributed by atoms with Crippen LogP contribution in [0.4, 0.5) is 34.1 Å². The van der Waals surface area contributed by atoms with E-state index in [1.54, 1.807) is 0 Å². The first-order chi connectivity index (χ1) is 46.8. The topological polar surface area (TPSA) is 6.48 Å². The Balaban J connectivity index is 0.651. The first-order valence-corrected chi connectivity index (χ1v) is 33.3. The normalized spacial score (nSPS) is 14.4. The summed E-state index contributed by atoms with van der Waals surface area (Å²) in [5, 5.41) is 0. The number of nitrogens with zero attached hydrogens (tertiary/aromatic N) is 2. The molecule has 14 aromatic rings. The Labute approximate surface area is 556 Å². The minimum atomic E-state index is -0.513. The Bertz CT molecular complexity index is 5010. The van der Waals surface area contributed by atoms with Crippen LogP contribution >= 0.6 is 0 Å². The molecule has 5 aliphatic rings. The van der Waals surface area contributed by atoms with E-state index in [0.29, 0.717) is 0 Å². The quantitative estimate of drug-likeness (QED) is 0.126. The summed E-state index contributed by atoms with van der Waals surface area (Å²) in [7, 11) is 0. The minimum absolute atomic E-state index is 0.215. The number of fused-ring (bicyclic) bond motifs is 23. The number of para-hydroxylation sites is 4. The van der Waals surface area contributed by atoms with Crippen LogP contribution in [0.2, 0.25) is 0 Å².